The molecular formula is C24H24FN5O3. The maximum Gasteiger partial charge on any atom is 0.274 e. The molecule has 3 heterocycles. The van der Waals surface area contributed by atoms with E-state index in [-0.39, 0.29) is 11.8 Å². The first kappa shape index (κ1) is 21.3. The minimum Gasteiger partial charge on any atom is -0.390 e. The Morgan fingerprint density at radius 3 is 2.85 bits per heavy atom. The van der Waals surface area contributed by atoms with Crippen LogP contribution in [0.15, 0.2) is 47.2 Å². The van der Waals surface area contributed by atoms with Gasteiger partial charge in [0.05, 0.1) is 17.7 Å². The Morgan fingerprint density at radius 1 is 1.33 bits per heavy atom. The Morgan fingerprint density at radius 2 is 2.12 bits per heavy atom. The molecule has 1 aliphatic rings. The number of carbonyl (C=O) groups is 1. The second kappa shape index (κ2) is 7.77. The third kappa shape index (κ3) is 4.36. The highest BCUT2D eigenvalue weighted by Crippen LogP contribution is 2.43. The van der Waals surface area contributed by atoms with Crippen LogP contribution in [0.3, 0.4) is 0 Å². The van der Waals surface area contributed by atoms with E-state index in [1.807, 2.05) is 31.2 Å². The van der Waals surface area contributed by atoms with Crippen molar-refractivity contribution >= 4 is 17.2 Å². The minimum absolute atomic E-state index is 0.304. The topological polar surface area (TPSA) is 106 Å². The number of anilines is 1. The molecule has 1 amide bonds. The van der Waals surface area contributed by atoms with Gasteiger partial charge in [0.1, 0.15) is 17.5 Å². The van der Waals surface area contributed by atoms with Gasteiger partial charge in [-0.1, -0.05) is 17.3 Å². The number of benzene rings is 1. The molecule has 0 spiro atoms. The zero-order chi connectivity index (χ0) is 23.3. The summed E-state index contributed by atoms with van der Waals surface area (Å²) in [5.74, 6) is 0.0344. The number of nitrogens with zero attached hydrogens (tertiary/aromatic N) is 4. The Balaban J connectivity index is 1.38. The summed E-state index contributed by atoms with van der Waals surface area (Å²) in [4.78, 5) is 21.7. The van der Waals surface area contributed by atoms with Crippen molar-refractivity contribution in [1.82, 2.24) is 19.5 Å². The third-order valence-corrected chi connectivity index (χ3v) is 5.66. The number of imidazole rings is 1. The second-order valence-corrected chi connectivity index (χ2v) is 9.19. The van der Waals surface area contributed by atoms with E-state index in [0.29, 0.717) is 47.1 Å². The van der Waals surface area contributed by atoms with Gasteiger partial charge in [-0.05, 0) is 56.5 Å². The molecule has 0 bridgehead atoms. The number of halogens is 1. The van der Waals surface area contributed by atoms with E-state index < -0.39 is 11.8 Å². The SMILES string of the molecule is Cc1ccc(-c2noc([C@H]3C[C@@H]3F)n2)cc1NC(=O)c1cnc2cc(CC(C)(C)O)ccn12. The van der Waals surface area contributed by atoms with Gasteiger partial charge in [0.15, 0.2) is 0 Å². The summed E-state index contributed by atoms with van der Waals surface area (Å²) in [7, 11) is 0. The van der Waals surface area contributed by atoms with Gasteiger partial charge in [-0.15, -0.1) is 0 Å². The predicted octanol–water partition coefficient (Wildman–Crippen LogP) is 4.08. The average Bonchev–Trinajstić information content (AvgIpc) is 3.15. The number of nitrogens with one attached hydrogen (secondary N) is 1. The van der Waals surface area contributed by atoms with Gasteiger partial charge in [-0.25, -0.2) is 9.37 Å². The summed E-state index contributed by atoms with van der Waals surface area (Å²) in [6, 6.07) is 9.18. The molecule has 33 heavy (non-hydrogen) atoms. The number of aryl methyl sites for hydroxylation is 1. The van der Waals surface area contributed by atoms with E-state index >= 15 is 0 Å². The molecule has 0 saturated heterocycles. The van der Waals surface area contributed by atoms with Crippen molar-refractivity contribution < 1.29 is 18.8 Å². The van der Waals surface area contributed by atoms with Crippen molar-refractivity contribution in [2.75, 3.05) is 5.32 Å². The van der Waals surface area contributed by atoms with E-state index in [9.17, 15) is 14.3 Å². The summed E-state index contributed by atoms with van der Waals surface area (Å²) in [6.45, 7) is 5.38. The molecule has 1 fully saturated rings. The molecule has 1 aliphatic carbocycles. The van der Waals surface area contributed by atoms with Crippen LogP contribution in [0, 0.1) is 6.92 Å². The number of amides is 1. The number of hydrogen-bond acceptors (Lipinski definition) is 6. The van der Waals surface area contributed by atoms with Crippen LogP contribution in [0.2, 0.25) is 0 Å². The smallest absolute Gasteiger partial charge is 0.274 e. The molecule has 3 aromatic heterocycles. The minimum atomic E-state index is -0.914. The zero-order valence-electron chi connectivity index (χ0n) is 18.5. The fourth-order valence-corrected chi connectivity index (χ4v) is 3.81. The van der Waals surface area contributed by atoms with Crippen LogP contribution >= 0.6 is 0 Å². The summed E-state index contributed by atoms with van der Waals surface area (Å²) >= 11 is 0. The van der Waals surface area contributed by atoms with E-state index in [1.54, 1.807) is 30.5 Å². The molecule has 2 atom stereocenters. The van der Waals surface area contributed by atoms with E-state index in [2.05, 4.69) is 20.4 Å². The lowest BCUT2D eigenvalue weighted by molar-refractivity contribution is 0.0809. The molecule has 0 unspecified atom stereocenters. The molecule has 1 aromatic carbocycles. The van der Waals surface area contributed by atoms with E-state index in [0.717, 1.165) is 11.1 Å². The fraction of sp³-hybridized carbons (Fsp3) is 0.333. The van der Waals surface area contributed by atoms with Gasteiger partial charge in [-0.3, -0.25) is 9.20 Å². The monoisotopic (exact) mass is 449 g/mol. The van der Waals surface area contributed by atoms with Crippen LogP contribution in [0.25, 0.3) is 17.0 Å². The van der Waals surface area contributed by atoms with Crippen molar-refractivity contribution in [3.05, 3.63) is 65.4 Å². The van der Waals surface area contributed by atoms with Crippen LogP contribution in [0.5, 0.6) is 0 Å². The van der Waals surface area contributed by atoms with Crippen LogP contribution in [-0.4, -0.2) is 42.3 Å². The van der Waals surface area contributed by atoms with Crippen molar-refractivity contribution in [3.8, 4) is 11.4 Å². The lowest BCUT2D eigenvalue weighted by Crippen LogP contribution is -2.22. The summed E-state index contributed by atoms with van der Waals surface area (Å²) in [5.41, 5.74) is 3.24. The number of alkyl halides is 1. The number of rotatable bonds is 6. The zero-order valence-corrected chi connectivity index (χ0v) is 18.5. The number of pyridine rings is 1. The maximum absolute atomic E-state index is 13.3. The van der Waals surface area contributed by atoms with Crippen molar-refractivity contribution in [2.24, 2.45) is 0 Å². The Labute approximate surface area is 189 Å². The standard InChI is InChI=1S/C24H24FN5O3/c1-13-4-5-15(21-28-23(33-29-21)16-10-17(16)25)9-18(13)27-22(31)19-12-26-20-8-14(6-7-30(19)20)11-24(2,3)32/h4-9,12,16-17,32H,10-11H2,1-3H3,(H,27,31)/t16-,17-/m0/s1. The molecule has 2 N–H and O–H groups in total. The quantitative estimate of drug-likeness (QED) is 0.459. The van der Waals surface area contributed by atoms with Crippen LogP contribution in [0.1, 0.15) is 53.7 Å². The fourth-order valence-electron chi connectivity index (χ4n) is 3.81. The van der Waals surface area contributed by atoms with Crippen LogP contribution < -0.4 is 5.32 Å². The Bertz CT molecular complexity index is 1350. The van der Waals surface area contributed by atoms with E-state index in [4.69, 9.17) is 4.52 Å². The largest absolute Gasteiger partial charge is 0.390 e. The molecular weight excluding hydrogens is 425 g/mol. The summed E-state index contributed by atoms with van der Waals surface area (Å²) in [5, 5.41) is 16.9. The summed E-state index contributed by atoms with van der Waals surface area (Å²) in [6.07, 6.45) is 3.27. The lowest BCUT2D eigenvalue weighted by Gasteiger charge is -2.17. The molecule has 0 radical (unpaired) electrons. The van der Waals surface area contributed by atoms with Gasteiger partial charge < -0.3 is 14.9 Å². The van der Waals surface area contributed by atoms with Crippen LogP contribution in [-0.2, 0) is 6.42 Å². The molecule has 1 saturated carbocycles. The number of aromatic nitrogens is 4. The first-order valence-electron chi connectivity index (χ1n) is 10.8. The van der Waals surface area contributed by atoms with Gasteiger partial charge >= 0.3 is 0 Å². The summed E-state index contributed by atoms with van der Waals surface area (Å²) < 4.78 is 20.2. The third-order valence-electron chi connectivity index (χ3n) is 5.66. The molecule has 8 nitrogen and oxygen atoms in total. The van der Waals surface area contributed by atoms with Gasteiger partial charge in [0.2, 0.25) is 11.7 Å². The number of carbonyl (C=O) groups excluding carboxylic acids is 1. The number of aliphatic hydroxyl groups is 1. The normalized spacial score (nSPS) is 18.0. The van der Waals surface area contributed by atoms with E-state index in [1.165, 1.54) is 6.20 Å². The molecule has 0 aliphatic heterocycles. The number of fused-ring (bicyclic) bond motifs is 1. The average molecular weight is 449 g/mol. The molecule has 9 heteroatoms. The molecule has 5 rings (SSSR count). The van der Waals surface area contributed by atoms with Gasteiger partial charge in [0, 0.05) is 23.9 Å². The van der Waals surface area contributed by atoms with Gasteiger partial charge in [-0.2, -0.15) is 4.98 Å². The second-order valence-electron chi connectivity index (χ2n) is 9.19. The van der Waals surface area contributed by atoms with Crippen molar-refractivity contribution in [3.63, 3.8) is 0 Å². The molecule has 170 valence electrons. The van der Waals surface area contributed by atoms with Crippen molar-refractivity contribution in [2.45, 2.75) is 51.3 Å². The first-order valence-corrected chi connectivity index (χ1v) is 10.8. The maximum atomic E-state index is 13.3. The molecule has 4 aromatic rings. The predicted molar refractivity (Wildman–Crippen MR) is 120 cm³/mol. The van der Waals surface area contributed by atoms with Crippen molar-refractivity contribution in [1.29, 1.82) is 0 Å². The number of hydrogen-bond donors (Lipinski definition) is 2. The highest BCUT2D eigenvalue weighted by molar-refractivity contribution is 6.04. The Hall–Kier alpha value is -3.59. The highest BCUT2D eigenvalue weighted by atomic mass is 19.1. The first-order chi connectivity index (χ1) is 15.7. The lowest BCUT2D eigenvalue weighted by atomic mass is 10.00. The highest BCUT2D eigenvalue weighted by Gasteiger charge is 2.43. The van der Waals surface area contributed by atoms with Gasteiger partial charge in [0.25, 0.3) is 5.91 Å². The Kier molecular flexibility index (Phi) is 5.01. The van der Waals surface area contributed by atoms with Crippen LogP contribution in [0.4, 0.5) is 10.1 Å².